The molecule has 0 saturated carbocycles. The van der Waals surface area contributed by atoms with Gasteiger partial charge in [0.2, 0.25) is 0 Å². The minimum Gasteiger partial charge on any atom is -0.465 e. The Labute approximate surface area is 108 Å². The number of carbonyl (C=O) groups excluding carboxylic acids is 1. The molecule has 0 radical (unpaired) electrons. The Balaban J connectivity index is 2.69. The van der Waals surface area contributed by atoms with Crippen molar-refractivity contribution in [1.82, 2.24) is 0 Å². The highest BCUT2D eigenvalue weighted by molar-refractivity contribution is 9.10. The summed E-state index contributed by atoms with van der Waals surface area (Å²) in [4.78, 5) is 11.3. The van der Waals surface area contributed by atoms with E-state index in [0.29, 0.717) is 18.1 Å². The van der Waals surface area contributed by atoms with Gasteiger partial charge in [0.1, 0.15) is 6.04 Å². The van der Waals surface area contributed by atoms with Gasteiger partial charge in [0.15, 0.2) is 0 Å². The average Bonchev–Trinajstić information content (AvgIpc) is 2.22. The molecule has 0 amide bonds. The molecule has 0 aliphatic heterocycles. The van der Waals surface area contributed by atoms with Crippen LogP contribution in [0.15, 0.2) is 22.7 Å². The molecule has 0 aromatic heterocycles. The van der Waals surface area contributed by atoms with Gasteiger partial charge < -0.3 is 10.5 Å². The third kappa shape index (κ3) is 3.77. The van der Waals surface area contributed by atoms with Crippen molar-refractivity contribution in [3.8, 4) is 0 Å². The molecule has 0 bridgehead atoms. The smallest absolute Gasteiger partial charge is 0.323 e. The van der Waals surface area contributed by atoms with E-state index in [1.807, 2.05) is 12.1 Å². The van der Waals surface area contributed by atoms with E-state index in [1.54, 1.807) is 13.0 Å². The zero-order valence-electron chi connectivity index (χ0n) is 8.87. The summed E-state index contributed by atoms with van der Waals surface area (Å²) < 4.78 is 5.72. The Kier molecular flexibility index (Phi) is 5.25. The van der Waals surface area contributed by atoms with Crippen LogP contribution in [0.1, 0.15) is 12.5 Å². The SMILES string of the molecule is CCOC(=O)C(N)Cc1ccc(Br)cc1Cl. The van der Waals surface area contributed by atoms with E-state index in [-0.39, 0.29) is 0 Å². The summed E-state index contributed by atoms with van der Waals surface area (Å²) in [5.41, 5.74) is 6.54. The van der Waals surface area contributed by atoms with E-state index in [2.05, 4.69) is 15.9 Å². The van der Waals surface area contributed by atoms with Crippen LogP contribution < -0.4 is 5.73 Å². The molecular weight excluding hydrogens is 293 g/mol. The normalized spacial score (nSPS) is 12.2. The van der Waals surface area contributed by atoms with E-state index in [9.17, 15) is 4.79 Å². The molecule has 1 unspecified atom stereocenters. The molecule has 0 heterocycles. The molecule has 0 aliphatic rings. The van der Waals surface area contributed by atoms with Crippen LogP contribution >= 0.6 is 27.5 Å². The van der Waals surface area contributed by atoms with Gasteiger partial charge in [0.25, 0.3) is 0 Å². The number of hydrogen-bond acceptors (Lipinski definition) is 3. The lowest BCUT2D eigenvalue weighted by Gasteiger charge is -2.11. The molecule has 0 spiro atoms. The maximum atomic E-state index is 11.3. The zero-order valence-corrected chi connectivity index (χ0v) is 11.2. The highest BCUT2D eigenvalue weighted by Crippen LogP contribution is 2.22. The summed E-state index contributed by atoms with van der Waals surface area (Å²) in [6.45, 7) is 2.08. The molecule has 88 valence electrons. The molecule has 1 aromatic rings. The third-order valence-corrected chi connectivity index (χ3v) is 2.89. The summed E-state index contributed by atoms with van der Waals surface area (Å²) >= 11 is 9.33. The highest BCUT2D eigenvalue weighted by atomic mass is 79.9. The Hall–Kier alpha value is -0.580. The highest BCUT2D eigenvalue weighted by Gasteiger charge is 2.16. The quantitative estimate of drug-likeness (QED) is 0.870. The minimum atomic E-state index is -0.668. The first-order chi connectivity index (χ1) is 7.54. The lowest BCUT2D eigenvalue weighted by molar-refractivity contribution is -0.144. The number of ether oxygens (including phenoxy) is 1. The Bertz CT molecular complexity index is 384. The van der Waals surface area contributed by atoms with Gasteiger partial charge >= 0.3 is 5.97 Å². The van der Waals surface area contributed by atoms with Gasteiger partial charge in [-0.1, -0.05) is 33.6 Å². The van der Waals surface area contributed by atoms with Gasteiger partial charge in [0, 0.05) is 9.50 Å². The van der Waals surface area contributed by atoms with Crippen LogP contribution in [0.2, 0.25) is 5.02 Å². The van der Waals surface area contributed by atoms with E-state index >= 15 is 0 Å². The van der Waals surface area contributed by atoms with Crippen molar-refractivity contribution in [3.63, 3.8) is 0 Å². The van der Waals surface area contributed by atoms with E-state index in [0.717, 1.165) is 10.0 Å². The second-order valence-electron chi connectivity index (χ2n) is 3.30. The Morgan fingerprint density at radius 3 is 2.88 bits per heavy atom. The van der Waals surface area contributed by atoms with Crippen molar-refractivity contribution in [2.45, 2.75) is 19.4 Å². The lowest BCUT2D eigenvalue weighted by Crippen LogP contribution is -2.34. The third-order valence-electron chi connectivity index (χ3n) is 2.04. The molecule has 0 fully saturated rings. The van der Waals surface area contributed by atoms with Crippen molar-refractivity contribution >= 4 is 33.5 Å². The summed E-state index contributed by atoms with van der Waals surface area (Å²) in [7, 11) is 0. The molecule has 5 heteroatoms. The molecule has 2 N–H and O–H groups in total. The average molecular weight is 307 g/mol. The Morgan fingerprint density at radius 2 is 2.31 bits per heavy atom. The van der Waals surface area contributed by atoms with Crippen LogP contribution in [0.4, 0.5) is 0 Å². The summed E-state index contributed by atoms with van der Waals surface area (Å²) in [6, 6.07) is 4.80. The van der Waals surface area contributed by atoms with Gasteiger partial charge in [-0.15, -0.1) is 0 Å². The van der Waals surface area contributed by atoms with Crippen molar-refractivity contribution in [3.05, 3.63) is 33.3 Å². The van der Waals surface area contributed by atoms with Crippen molar-refractivity contribution in [2.75, 3.05) is 6.61 Å². The van der Waals surface area contributed by atoms with Gasteiger partial charge in [0.05, 0.1) is 6.61 Å². The van der Waals surface area contributed by atoms with Crippen LogP contribution in [-0.2, 0) is 16.0 Å². The predicted molar refractivity (Wildman–Crippen MR) is 67.5 cm³/mol. The first kappa shape index (κ1) is 13.5. The standard InChI is InChI=1S/C11H13BrClNO2/c1-2-16-11(15)10(14)5-7-3-4-8(12)6-9(7)13/h3-4,6,10H,2,5,14H2,1H3. The monoisotopic (exact) mass is 305 g/mol. The van der Waals surface area contributed by atoms with Gasteiger partial charge in [-0.05, 0) is 31.0 Å². The van der Waals surface area contributed by atoms with Crippen molar-refractivity contribution < 1.29 is 9.53 Å². The van der Waals surface area contributed by atoms with Crippen LogP contribution in [0.5, 0.6) is 0 Å². The fraction of sp³-hybridized carbons (Fsp3) is 0.364. The number of nitrogens with two attached hydrogens (primary N) is 1. The van der Waals surface area contributed by atoms with Crippen molar-refractivity contribution in [2.24, 2.45) is 5.73 Å². The molecule has 1 aromatic carbocycles. The first-order valence-corrected chi connectivity index (χ1v) is 6.07. The second-order valence-corrected chi connectivity index (χ2v) is 4.62. The van der Waals surface area contributed by atoms with Gasteiger partial charge in [-0.2, -0.15) is 0 Å². The zero-order chi connectivity index (χ0) is 12.1. The van der Waals surface area contributed by atoms with Gasteiger partial charge in [-0.25, -0.2) is 0 Å². The summed E-state index contributed by atoms with van der Waals surface area (Å²) in [5.74, 6) is -0.401. The first-order valence-electron chi connectivity index (χ1n) is 4.90. The van der Waals surface area contributed by atoms with Crippen LogP contribution in [0.3, 0.4) is 0 Å². The number of hydrogen-bond donors (Lipinski definition) is 1. The van der Waals surface area contributed by atoms with E-state index in [1.165, 1.54) is 0 Å². The van der Waals surface area contributed by atoms with E-state index in [4.69, 9.17) is 22.1 Å². The maximum Gasteiger partial charge on any atom is 0.323 e. The number of benzene rings is 1. The molecule has 16 heavy (non-hydrogen) atoms. The van der Waals surface area contributed by atoms with E-state index < -0.39 is 12.0 Å². The van der Waals surface area contributed by atoms with Crippen molar-refractivity contribution in [1.29, 1.82) is 0 Å². The van der Waals surface area contributed by atoms with Gasteiger partial charge in [-0.3, -0.25) is 4.79 Å². The topological polar surface area (TPSA) is 52.3 Å². The molecule has 1 rings (SSSR count). The van der Waals surface area contributed by atoms with Crippen LogP contribution in [0, 0.1) is 0 Å². The fourth-order valence-corrected chi connectivity index (χ4v) is 2.01. The maximum absolute atomic E-state index is 11.3. The molecular formula is C11H13BrClNO2. The number of halogens is 2. The molecule has 0 aliphatic carbocycles. The van der Waals surface area contributed by atoms with Crippen LogP contribution in [0.25, 0.3) is 0 Å². The predicted octanol–water partition coefficient (Wildman–Crippen LogP) is 2.54. The summed E-state index contributed by atoms with van der Waals surface area (Å²) in [5, 5.41) is 0.592. The second kappa shape index (κ2) is 6.23. The number of carbonyl (C=O) groups is 1. The fourth-order valence-electron chi connectivity index (χ4n) is 1.26. The largest absolute Gasteiger partial charge is 0.465 e. The Morgan fingerprint density at radius 1 is 1.62 bits per heavy atom. The molecule has 1 atom stereocenters. The number of esters is 1. The molecule has 3 nitrogen and oxygen atoms in total. The van der Waals surface area contributed by atoms with Crippen LogP contribution in [-0.4, -0.2) is 18.6 Å². The summed E-state index contributed by atoms with van der Waals surface area (Å²) in [6.07, 6.45) is 0.380. The molecule has 0 saturated heterocycles. The minimum absolute atomic E-state index is 0.334. The number of rotatable bonds is 4. The lowest BCUT2D eigenvalue weighted by atomic mass is 10.1.